The smallest absolute Gasteiger partial charge is 0.351 e. The molecule has 1 saturated carbocycles. The van der Waals surface area contributed by atoms with E-state index >= 15 is 0 Å². The summed E-state index contributed by atoms with van der Waals surface area (Å²) in [5, 5.41) is 38.4. The molecule has 2 aromatic carbocycles. The first kappa shape index (κ1) is 66.0. The molecule has 4 aromatic rings. The van der Waals surface area contributed by atoms with Gasteiger partial charge in [0.1, 0.15) is 41.6 Å². The van der Waals surface area contributed by atoms with Gasteiger partial charge in [0.05, 0.1) is 38.9 Å². The molecule has 0 bridgehead atoms. The average molecular weight is 1190 g/mol. The van der Waals surface area contributed by atoms with Gasteiger partial charge in [-0.1, -0.05) is 95.5 Å². The summed E-state index contributed by atoms with van der Waals surface area (Å²) in [7, 11) is 1.19. The second kappa shape index (κ2) is 33.4. The number of aromatic amines is 1. The van der Waals surface area contributed by atoms with Crippen LogP contribution in [0.3, 0.4) is 0 Å². The molecule has 1 aliphatic heterocycles. The molecule has 2 fully saturated rings. The Morgan fingerprint density at radius 2 is 1.48 bits per heavy atom. The molecule has 6 rings (SSSR count). The highest BCUT2D eigenvalue weighted by atomic mass is 32.2. The number of H-pyrrole nitrogens is 1. The Kier molecular flexibility index (Phi) is 26.2. The Morgan fingerprint density at radius 1 is 0.786 bits per heavy atom. The monoisotopic (exact) mass is 1190 g/mol. The van der Waals surface area contributed by atoms with Gasteiger partial charge < -0.3 is 61.3 Å². The van der Waals surface area contributed by atoms with E-state index in [9.17, 15) is 53.4 Å². The molecule has 9 N–H and O–H groups in total. The van der Waals surface area contributed by atoms with Gasteiger partial charge in [-0.2, -0.15) is 4.98 Å². The predicted molar refractivity (Wildman–Crippen MR) is 315 cm³/mol. The number of hydrogen-bond acceptors (Lipinski definition) is 16. The number of esters is 2. The van der Waals surface area contributed by atoms with Crippen LogP contribution in [-0.4, -0.2) is 140 Å². The topological polar surface area (TPSA) is 328 Å². The molecule has 24 heteroatoms. The third-order valence-corrected chi connectivity index (χ3v) is 15.9. The van der Waals surface area contributed by atoms with Crippen molar-refractivity contribution in [1.29, 1.82) is 0 Å². The lowest BCUT2D eigenvalue weighted by Gasteiger charge is -2.30. The van der Waals surface area contributed by atoms with E-state index in [1.165, 1.54) is 35.7 Å². The summed E-state index contributed by atoms with van der Waals surface area (Å²) in [6.45, 7) is 7.23. The first-order chi connectivity index (χ1) is 40.3. The van der Waals surface area contributed by atoms with Gasteiger partial charge in [0.2, 0.25) is 35.4 Å². The number of benzene rings is 2. The van der Waals surface area contributed by atoms with E-state index in [0.717, 1.165) is 54.1 Å². The second-order valence-electron chi connectivity index (χ2n) is 22.3. The number of ether oxygens (including phenoxy) is 3. The number of unbranched alkanes of at least 4 members (excludes halogenated alkanes) is 1. The van der Waals surface area contributed by atoms with Crippen LogP contribution in [0.2, 0.25) is 0 Å². The second-order valence-corrected chi connectivity index (χ2v) is 23.5. The van der Waals surface area contributed by atoms with E-state index in [1.807, 2.05) is 44.2 Å². The van der Waals surface area contributed by atoms with Crippen LogP contribution in [0.1, 0.15) is 129 Å². The lowest BCUT2D eigenvalue weighted by molar-refractivity contribution is -0.147. The van der Waals surface area contributed by atoms with Crippen molar-refractivity contribution >= 4 is 75.9 Å². The normalized spacial score (nSPS) is 17.5. The molecular weight excluding hydrogens is 1100 g/mol. The predicted octanol–water partition coefficient (Wildman–Crippen LogP) is 4.24. The van der Waals surface area contributed by atoms with Crippen molar-refractivity contribution in [2.45, 2.75) is 172 Å². The fraction of sp³-hybridized carbons (Fsp3) is 0.567. The van der Waals surface area contributed by atoms with Crippen LogP contribution in [0, 0.1) is 17.8 Å². The van der Waals surface area contributed by atoms with Gasteiger partial charge >= 0.3 is 17.6 Å². The SMILES string of the molecule is COC(=O)[C@H](Cc1ccccc1)NC(=O)[C@H](CCC(=O)OCC1CCCCC1)NC(=O)C[C@H](O)C(CC(C)C)NC(=O)[C@@H](NC(=O)[C@H](Cc1c[nH]c2ccccc12)NC(=O)CCCCC(=O)Nc1ccn([C@H]2CS[C@@H](CO)O2)c(=O)n1)C(C)C. The number of hydrogen-bond donors (Lipinski definition) is 9. The fourth-order valence-electron chi connectivity index (χ4n) is 10.3. The van der Waals surface area contributed by atoms with Crippen molar-refractivity contribution in [3.63, 3.8) is 0 Å². The number of thioether (sulfide) groups is 1. The van der Waals surface area contributed by atoms with Gasteiger partial charge in [-0.25, -0.2) is 9.59 Å². The number of aliphatic hydroxyl groups is 2. The quantitative estimate of drug-likeness (QED) is 0.0244. The number of methoxy groups -OCH3 is 1. The van der Waals surface area contributed by atoms with Crippen LogP contribution in [0.25, 0.3) is 10.9 Å². The highest BCUT2D eigenvalue weighted by molar-refractivity contribution is 8.00. The van der Waals surface area contributed by atoms with Gasteiger partial charge in [-0.05, 0) is 79.5 Å². The largest absolute Gasteiger partial charge is 0.467 e. The van der Waals surface area contributed by atoms with Crippen molar-refractivity contribution in [3.05, 3.63) is 94.7 Å². The fourth-order valence-corrected chi connectivity index (χ4v) is 11.2. The third kappa shape index (κ3) is 20.9. The Morgan fingerprint density at radius 3 is 2.15 bits per heavy atom. The van der Waals surface area contributed by atoms with Gasteiger partial charge in [0, 0.05) is 61.2 Å². The number of nitrogens with zero attached hydrogens (tertiary/aromatic N) is 2. The molecule has 2 aromatic heterocycles. The van der Waals surface area contributed by atoms with Crippen molar-refractivity contribution in [2.75, 3.05) is 31.4 Å². The highest BCUT2D eigenvalue weighted by Crippen LogP contribution is 2.30. The van der Waals surface area contributed by atoms with E-state index in [0.29, 0.717) is 5.75 Å². The number of rotatable bonds is 32. The van der Waals surface area contributed by atoms with Gasteiger partial charge in [-0.15, -0.1) is 11.8 Å². The molecule has 1 saturated heterocycles. The number of para-hydroxylation sites is 1. The van der Waals surface area contributed by atoms with Crippen molar-refractivity contribution in [1.82, 2.24) is 41.1 Å². The van der Waals surface area contributed by atoms with E-state index in [1.54, 1.807) is 44.3 Å². The van der Waals surface area contributed by atoms with E-state index < -0.39 is 113 Å². The van der Waals surface area contributed by atoms with E-state index in [2.05, 4.69) is 41.9 Å². The standard InChI is InChI=1S/C60H83N9O14S/c1-36(2)28-44(47(71)31-51(74)62-43(24-25-53(75)82-34-39-18-10-7-11-19-39)56(76)65-46(59(79)81-5)29-38-16-8-6-9-17-38)64-58(78)55(37(3)4)68-57(77)45(30-40-32-61-42-21-13-12-20-41(40)42)63-49(72)22-14-15-23-50(73)66-48-26-27-69(60(80)67-48)52-35-84-54(33-70)83-52/h6,8-9,12-13,16-17,20-21,26-27,32,36-37,39,43-47,52,54-55,61,70-71H,7,10-11,14-15,18-19,22-25,28-31,33-35H2,1-5H3,(H,62,74)(H,63,72)(H,64,78)(H,65,76)(H,68,77)(H,66,67,73,80)/t43-,44?,45-,46-,47-,52+,54-,55-/m0/s1. The van der Waals surface area contributed by atoms with Crippen LogP contribution >= 0.6 is 11.8 Å². The Labute approximate surface area is 493 Å². The molecule has 0 radical (unpaired) electrons. The third-order valence-electron chi connectivity index (χ3n) is 14.8. The Hall–Kier alpha value is -7.15. The number of carbonyl (C=O) groups excluding carboxylic acids is 8. The number of amides is 6. The Bertz CT molecular complexity index is 2900. The number of aliphatic hydroxyl groups excluding tert-OH is 2. The minimum absolute atomic E-state index is 0.00458. The molecule has 84 heavy (non-hydrogen) atoms. The van der Waals surface area contributed by atoms with Crippen molar-refractivity contribution in [2.24, 2.45) is 17.8 Å². The highest BCUT2D eigenvalue weighted by Gasteiger charge is 2.35. The Balaban J connectivity index is 1.08. The summed E-state index contributed by atoms with van der Waals surface area (Å²) in [6, 6.07) is 12.0. The molecule has 8 atom stereocenters. The molecular formula is C60H83N9O14S. The van der Waals surface area contributed by atoms with Crippen LogP contribution in [-0.2, 0) is 65.4 Å². The van der Waals surface area contributed by atoms with Gasteiger partial charge in [-0.3, -0.25) is 38.1 Å². The number of anilines is 1. The number of carbonyl (C=O) groups is 8. The maximum atomic E-state index is 14.4. The number of aromatic nitrogens is 3. The summed E-state index contributed by atoms with van der Waals surface area (Å²) in [4.78, 5) is 129. The zero-order valence-electron chi connectivity index (χ0n) is 48.6. The van der Waals surface area contributed by atoms with Crippen LogP contribution < -0.4 is 37.6 Å². The molecule has 23 nitrogen and oxygen atoms in total. The molecule has 2 aliphatic rings. The van der Waals surface area contributed by atoms with Crippen LogP contribution in [0.15, 0.2) is 77.9 Å². The molecule has 1 unspecified atom stereocenters. The lowest BCUT2D eigenvalue weighted by Crippen LogP contribution is -2.58. The molecule has 6 amide bonds. The average Bonchev–Trinajstić information content (AvgIpc) is 4.16. The molecule has 1 aliphatic carbocycles. The molecule has 458 valence electrons. The van der Waals surface area contributed by atoms with Crippen LogP contribution in [0.4, 0.5) is 5.82 Å². The summed E-state index contributed by atoms with van der Waals surface area (Å²) in [5.41, 5.74) is 1.19. The zero-order valence-corrected chi connectivity index (χ0v) is 49.4. The minimum Gasteiger partial charge on any atom is -0.467 e. The maximum Gasteiger partial charge on any atom is 0.351 e. The van der Waals surface area contributed by atoms with Crippen molar-refractivity contribution in [3.8, 4) is 0 Å². The lowest BCUT2D eigenvalue weighted by atomic mass is 9.90. The van der Waals surface area contributed by atoms with E-state index in [4.69, 9.17) is 14.2 Å². The zero-order chi connectivity index (χ0) is 60.7. The van der Waals surface area contributed by atoms with Gasteiger partial charge in [0.15, 0.2) is 0 Å². The van der Waals surface area contributed by atoms with Gasteiger partial charge in [0.25, 0.3) is 0 Å². The number of fused-ring (bicyclic) bond motifs is 1. The molecule has 3 heterocycles. The summed E-state index contributed by atoms with van der Waals surface area (Å²) in [5.74, 6) is -4.93. The minimum atomic E-state index is -1.50. The number of nitrogens with one attached hydrogen (secondary N) is 7. The van der Waals surface area contributed by atoms with Crippen molar-refractivity contribution < 1.29 is 62.8 Å². The first-order valence-electron chi connectivity index (χ1n) is 29.1. The van der Waals surface area contributed by atoms with E-state index in [-0.39, 0.29) is 88.7 Å². The summed E-state index contributed by atoms with van der Waals surface area (Å²) in [6.07, 6.45) is 6.06. The maximum absolute atomic E-state index is 14.4. The van der Waals surface area contributed by atoms with Crippen LogP contribution in [0.5, 0.6) is 0 Å². The molecule has 0 spiro atoms. The summed E-state index contributed by atoms with van der Waals surface area (Å²) < 4.78 is 17.5. The first-order valence-corrected chi connectivity index (χ1v) is 30.1. The summed E-state index contributed by atoms with van der Waals surface area (Å²) >= 11 is 1.37.